The molecule has 0 aromatic carbocycles. The van der Waals surface area contributed by atoms with E-state index in [9.17, 15) is 0 Å². The van der Waals surface area contributed by atoms with Crippen LogP contribution in [-0.2, 0) is 0 Å². The number of hydrogen-bond acceptors (Lipinski definition) is 6. The van der Waals surface area contributed by atoms with Crippen molar-refractivity contribution in [2.24, 2.45) is 0 Å². The Hall–Kier alpha value is 2.10. The van der Waals surface area contributed by atoms with Gasteiger partial charge in [-0.25, -0.2) is 0 Å². The van der Waals surface area contributed by atoms with Crippen molar-refractivity contribution in [2.75, 3.05) is 12.5 Å². The van der Waals surface area contributed by atoms with E-state index in [2.05, 4.69) is 12.5 Å². The first kappa shape index (κ1) is 9.19. The van der Waals surface area contributed by atoms with Gasteiger partial charge >= 0.3 is 0 Å². The second kappa shape index (κ2) is 4.21. The van der Waals surface area contributed by atoms with Crippen LogP contribution in [0.25, 0.3) is 0 Å². The van der Waals surface area contributed by atoms with Crippen LogP contribution in [0.2, 0.25) is 0 Å². The molecule has 0 atom stereocenters. The zero-order valence-electron chi connectivity index (χ0n) is 4.95. The van der Waals surface area contributed by atoms with Crippen molar-refractivity contribution < 1.29 is 0 Å². The molecule has 1 saturated heterocycles. The molecule has 0 nitrogen and oxygen atoms in total. The van der Waals surface area contributed by atoms with E-state index in [1.54, 1.807) is 0 Å². The molecule has 1 fully saturated rings. The molecule has 0 aromatic rings. The van der Waals surface area contributed by atoms with Crippen molar-refractivity contribution in [1.29, 1.82) is 0 Å². The third-order valence-electron chi connectivity index (χ3n) is 0.590. The molecule has 1 rings (SSSR count). The molecular formula is C3H6S6. The summed E-state index contributed by atoms with van der Waals surface area (Å²) in [5.41, 5.74) is 0. The van der Waals surface area contributed by atoms with E-state index in [0.29, 0.717) is 2.74 Å². The maximum atomic E-state index is 2.13. The second-order valence-corrected chi connectivity index (χ2v) is 10.5. The highest BCUT2D eigenvalue weighted by molar-refractivity contribution is 9.12. The standard InChI is InChI=1S/C3H6S6/c1-4-6-3(7-5-2)8-9-3/h1-2H3. The average Bonchev–Trinajstić information content (AvgIpc) is 2.51. The fourth-order valence-electron chi connectivity index (χ4n) is 0.308. The molecule has 1 aliphatic rings. The van der Waals surface area contributed by atoms with Crippen LogP contribution in [-0.4, -0.2) is 15.3 Å². The molecule has 1 aliphatic heterocycles. The Kier molecular flexibility index (Phi) is 4.30. The SMILES string of the molecule is CSSC1(SSC)SS1. The molecule has 0 unspecified atom stereocenters. The molecule has 0 aromatic heterocycles. The van der Waals surface area contributed by atoms with Gasteiger partial charge in [0.05, 0.1) is 0 Å². The Morgan fingerprint density at radius 3 is 1.67 bits per heavy atom. The summed E-state index contributed by atoms with van der Waals surface area (Å²) in [5, 5.41) is 0. The molecule has 0 radical (unpaired) electrons. The minimum atomic E-state index is 0.443. The lowest BCUT2D eigenvalue weighted by molar-refractivity contribution is 2.05. The van der Waals surface area contributed by atoms with Crippen molar-refractivity contribution in [1.82, 2.24) is 0 Å². The predicted octanol–water partition coefficient (Wildman–Crippen LogP) is 4.02. The number of hydrogen-bond donors (Lipinski definition) is 0. The molecule has 54 valence electrons. The van der Waals surface area contributed by atoms with Gasteiger partial charge in [0.2, 0.25) is 0 Å². The number of rotatable bonds is 4. The summed E-state index contributed by atoms with van der Waals surface area (Å²) in [5.74, 6) is 0. The maximum Gasteiger partial charge on any atom is 0.192 e. The molecule has 6 heteroatoms. The lowest BCUT2D eigenvalue weighted by Gasteiger charge is -2.03. The fourth-order valence-corrected chi connectivity index (χ4v) is 12.1. The zero-order chi connectivity index (χ0) is 6.74. The molecule has 0 aliphatic carbocycles. The minimum Gasteiger partial charge on any atom is -0.0944 e. The van der Waals surface area contributed by atoms with E-state index in [4.69, 9.17) is 0 Å². The quantitative estimate of drug-likeness (QED) is 0.406. The van der Waals surface area contributed by atoms with Crippen LogP contribution in [0.1, 0.15) is 0 Å². The van der Waals surface area contributed by atoms with Crippen LogP contribution in [0.3, 0.4) is 0 Å². The Balaban J connectivity index is 2.17. The molecule has 1 heterocycles. The summed E-state index contributed by atoms with van der Waals surface area (Å²) in [7, 11) is 11.5. The van der Waals surface area contributed by atoms with Crippen LogP contribution >= 0.6 is 64.8 Å². The fraction of sp³-hybridized carbons (Fsp3) is 1.00. The second-order valence-electron chi connectivity index (χ2n) is 1.17. The van der Waals surface area contributed by atoms with Crippen LogP contribution in [0.15, 0.2) is 0 Å². The van der Waals surface area contributed by atoms with E-state index < -0.39 is 0 Å². The monoisotopic (exact) mass is 234 g/mol. The Morgan fingerprint density at radius 1 is 1.00 bits per heavy atom. The first-order valence-electron chi connectivity index (χ1n) is 2.13. The highest BCUT2D eigenvalue weighted by Crippen LogP contribution is 2.80. The summed E-state index contributed by atoms with van der Waals surface area (Å²) in [6.45, 7) is 0. The van der Waals surface area contributed by atoms with Crippen molar-refractivity contribution >= 4 is 64.8 Å². The van der Waals surface area contributed by atoms with E-state index in [1.165, 1.54) is 0 Å². The van der Waals surface area contributed by atoms with E-state index >= 15 is 0 Å². The van der Waals surface area contributed by atoms with Gasteiger partial charge in [0.25, 0.3) is 0 Å². The van der Waals surface area contributed by atoms with Gasteiger partial charge in [-0.3, -0.25) is 0 Å². The van der Waals surface area contributed by atoms with Crippen molar-refractivity contribution in [3.63, 3.8) is 0 Å². The Labute approximate surface area is 79.4 Å². The summed E-state index contributed by atoms with van der Waals surface area (Å²) in [4.78, 5) is 0. The molecule has 0 saturated carbocycles. The van der Waals surface area contributed by atoms with Crippen LogP contribution in [0.5, 0.6) is 0 Å². The van der Waals surface area contributed by atoms with E-state index in [-0.39, 0.29) is 0 Å². The summed E-state index contributed by atoms with van der Waals surface area (Å²) < 4.78 is 0.443. The molecule has 9 heavy (non-hydrogen) atoms. The highest BCUT2D eigenvalue weighted by atomic mass is 33.2. The highest BCUT2D eigenvalue weighted by Gasteiger charge is 2.48. The lowest BCUT2D eigenvalue weighted by atomic mass is 11.8. The molecule has 0 amide bonds. The van der Waals surface area contributed by atoms with Crippen molar-refractivity contribution in [2.45, 2.75) is 2.74 Å². The van der Waals surface area contributed by atoms with Gasteiger partial charge < -0.3 is 0 Å². The molecule has 0 bridgehead atoms. The van der Waals surface area contributed by atoms with E-state index in [1.807, 2.05) is 64.8 Å². The minimum absolute atomic E-state index is 0.443. The van der Waals surface area contributed by atoms with Gasteiger partial charge in [0, 0.05) is 0 Å². The topological polar surface area (TPSA) is 0 Å². The van der Waals surface area contributed by atoms with Crippen LogP contribution in [0.4, 0.5) is 0 Å². The zero-order valence-corrected chi connectivity index (χ0v) is 9.85. The smallest absolute Gasteiger partial charge is 0.0944 e. The van der Waals surface area contributed by atoms with Gasteiger partial charge in [0.15, 0.2) is 2.74 Å². The van der Waals surface area contributed by atoms with E-state index in [0.717, 1.165) is 0 Å². The van der Waals surface area contributed by atoms with Gasteiger partial charge in [-0.1, -0.05) is 43.2 Å². The Morgan fingerprint density at radius 2 is 1.44 bits per heavy atom. The summed E-state index contributed by atoms with van der Waals surface area (Å²) >= 11 is 0. The normalized spacial score (nSPS) is 22.0. The molecule has 0 spiro atoms. The average molecular weight is 234 g/mol. The third-order valence-corrected chi connectivity index (χ3v) is 11.4. The first-order chi connectivity index (χ1) is 4.33. The Bertz CT molecular complexity index is 80.3. The largest absolute Gasteiger partial charge is 0.192 e. The maximum absolute atomic E-state index is 2.13. The molecule has 0 N–H and O–H groups in total. The first-order valence-corrected chi connectivity index (χ1v) is 9.40. The van der Waals surface area contributed by atoms with Gasteiger partial charge in [-0.2, -0.15) is 0 Å². The third kappa shape index (κ3) is 2.91. The van der Waals surface area contributed by atoms with Crippen molar-refractivity contribution in [3.05, 3.63) is 0 Å². The van der Waals surface area contributed by atoms with Crippen molar-refractivity contribution in [3.8, 4) is 0 Å². The van der Waals surface area contributed by atoms with Gasteiger partial charge in [0.1, 0.15) is 0 Å². The van der Waals surface area contributed by atoms with Gasteiger partial charge in [-0.15, -0.1) is 0 Å². The van der Waals surface area contributed by atoms with Crippen LogP contribution < -0.4 is 0 Å². The van der Waals surface area contributed by atoms with Crippen LogP contribution in [0, 0.1) is 0 Å². The lowest BCUT2D eigenvalue weighted by Crippen LogP contribution is -1.82. The predicted molar refractivity (Wildman–Crippen MR) is 60.1 cm³/mol. The summed E-state index contributed by atoms with van der Waals surface area (Å²) in [6.07, 6.45) is 4.26. The molecular weight excluding hydrogens is 228 g/mol. The summed E-state index contributed by atoms with van der Waals surface area (Å²) in [6, 6.07) is 0. The van der Waals surface area contributed by atoms with Gasteiger partial charge in [-0.05, 0) is 34.1 Å².